The molecule has 0 saturated heterocycles. The van der Waals surface area contributed by atoms with Crippen LogP contribution in [-0.2, 0) is 27.1 Å². The Morgan fingerprint density at radius 3 is 1.36 bits per heavy atom. The van der Waals surface area contributed by atoms with Crippen LogP contribution in [0.4, 0.5) is 0 Å². The molecule has 2 aliphatic carbocycles. The second kappa shape index (κ2) is 7.59. The summed E-state index contributed by atoms with van der Waals surface area (Å²) in [6.45, 7) is -25.9. The summed E-state index contributed by atoms with van der Waals surface area (Å²) in [6, 6.07) is -3.46. The van der Waals surface area contributed by atoms with E-state index in [-0.39, 0.29) is 16.7 Å². The van der Waals surface area contributed by atoms with Gasteiger partial charge in [-0.1, -0.05) is 130 Å². The van der Waals surface area contributed by atoms with Gasteiger partial charge >= 0.3 is 0 Å². The molecule has 3 aromatic carbocycles. The maximum atomic E-state index is 9.64. The third-order valence-electron chi connectivity index (χ3n) is 6.75. The van der Waals surface area contributed by atoms with Gasteiger partial charge in [0.05, 0.1) is 8.22 Å². The smallest absolute Gasteiger partial charge is 0.0610 e. The monoisotopic (exact) mass is 509 g/mol. The maximum absolute atomic E-state index is 9.64. The van der Waals surface area contributed by atoms with E-state index in [1.807, 2.05) is 0 Å². The molecular formula is C36H46. The van der Waals surface area contributed by atoms with Crippen LogP contribution in [0.1, 0.15) is 157 Å². The van der Waals surface area contributed by atoms with Crippen LogP contribution in [0.15, 0.2) is 54.5 Å². The largest absolute Gasteiger partial charge is 0.0632 e. The molecule has 2 aliphatic rings. The van der Waals surface area contributed by atoms with Gasteiger partial charge in [-0.05, 0) is 90.0 Å². The SMILES string of the molecule is [2H]c1c([2H])c2c(c([2H])c1-c1cccc(-c3c([2H])c([2H])c4c(c3[2H])C(C([2H])([2H])[2H])(C([2H])([2H])[2H])CC4(C([2H])([2H])[2H])C([2H])([2H])[2H])c1C(C)(C)C)C(C([2H])([2H])[2H])(C([2H])([2H])[2H])CC2(C([2H])([2H])[2H])C([2H])([2H])[2H]. The van der Waals surface area contributed by atoms with Crippen molar-refractivity contribution in [3.8, 4) is 22.3 Å². The Hall–Kier alpha value is -2.34. The molecule has 0 heteroatoms. The van der Waals surface area contributed by atoms with Gasteiger partial charge in [0.2, 0.25) is 0 Å². The van der Waals surface area contributed by atoms with Crippen molar-refractivity contribution in [2.45, 2.75) is 116 Å². The van der Waals surface area contributed by atoms with Gasteiger partial charge < -0.3 is 0 Å². The normalized spacial score (nSPS) is 35.8. The van der Waals surface area contributed by atoms with E-state index in [0.29, 0.717) is 0 Å². The molecule has 3 aromatic rings. The van der Waals surface area contributed by atoms with Crippen LogP contribution in [0.5, 0.6) is 0 Å². The lowest BCUT2D eigenvalue weighted by molar-refractivity contribution is 0.402. The molecule has 0 aromatic heterocycles. The highest BCUT2D eigenvalue weighted by Gasteiger charge is 2.43. The molecule has 0 aliphatic heterocycles. The molecule has 36 heavy (non-hydrogen) atoms. The Morgan fingerprint density at radius 2 is 1.00 bits per heavy atom. The van der Waals surface area contributed by atoms with E-state index >= 15 is 0 Å². The highest BCUT2D eigenvalue weighted by atomic mass is 14.5. The zero-order valence-corrected chi connectivity index (χ0v) is 20.1. The Bertz CT molecular complexity index is 2250. The van der Waals surface area contributed by atoms with E-state index in [2.05, 4.69) is 0 Å². The van der Waals surface area contributed by atoms with Crippen molar-refractivity contribution >= 4 is 0 Å². The van der Waals surface area contributed by atoms with Crippen LogP contribution in [0.25, 0.3) is 22.3 Å². The zero-order chi connectivity index (χ0) is 51.7. The third kappa shape index (κ3) is 3.87. The van der Waals surface area contributed by atoms with E-state index in [1.165, 1.54) is 32.9 Å². The van der Waals surface area contributed by atoms with Crippen LogP contribution >= 0.6 is 0 Å². The van der Waals surface area contributed by atoms with Gasteiger partial charge in [-0.3, -0.25) is 0 Å². The first kappa shape index (κ1) is 7.84. The number of hydrogen-bond donors (Lipinski definition) is 0. The Morgan fingerprint density at radius 1 is 0.611 bits per heavy atom. The highest BCUT2D eigenvalue weighted by Crippen LogP contribution is 2.52. The molecule has 190 valence electrons. The van der Waals surface area contributed by atoms with E-state index in [1.54, 1.807) is 0 Å². The summed E-state index contributed by atoms with van der Waals surface area (Å²) in [5, 5.41) is 0. The molecule has 0 heterocycles. The standard InChI is InChI=1S/C36H46/c1-32(2,3)31-25(23-15-17-27-29(19-23)35(8,9)21-33(27,4)5)13-12-14-26(31)24-16-18-28-30(20-24)36(10,11)22-34(28,6)7/h12-20H,21-22H2,1-11H3/i4D3,5D3,6D3,7D3,8D3,9D3,10D3,11D3,15D,16D,17D,18D,19D,20D. The zero-order valence-electron chi connectivity index (χ0n) is 50.1. The average molecular weight is 509 g/mol. The lowest BCUT2D eigenvalue weighted by Crippen LogP contribution is -2.18. The molecule has 0 unspecified atom stereocenters. The Balaban J connectivity index is 2.14. The van der Waals surface area contributed by atoms with E-state index in [0.717, 1.165) is 6.07 Å². The van der Waals surface area contributed by atoms with Crippen molar-refractivity contribution in [2.75, 3.05) is 0 Å². The van der Waals surface area contributed by atoms with Crippen molar-refractivity contribution in [1.29, 1.82) is 0 Å². The molecule has 5 rings (SSSR count). The number of rotatable bonds is 2. The summed E-state index contributed by atoms with van der Waals surface area (Å²) in [5.74, 6) is 0. The molecule has 0 N–H and O–H groups in total. The summed E-state index contributed by atoms with van der Waals surface area (Å²) < 4.78 is 261. The van der Waals surface area contributed by atoms with Crippen molar-refractivity contribution in [2.24, 2.45) is 0 Å². The maximum Gasteiger partial charge on any atom is 0.0632 e. The van der Waals surface area contributed by atoms with E-state index < -0.39 is 164 Å². The van der Waals surface area contributed by atoms with Gasteiger partial charge in [0.1, 0.15) is 0 Å². The number of hydrogen-bond acceptors (Lipinski definition) is 0. The van der Waals surface area contributed by atoms with E-state index in [4.69, 9.17) is 32.9 Å². The molecule has 0 atom stereocenters. The van der Waals surface area contributed by atoms with Gasteiger partial charge in [-0.15, -0.1) is 0 Å². The van der Waals surface area contributed by atoms with E-state index in [9.17, 15) is 8.22 Å². The fourth-order valence-electron chi connectivity index (χ4n) is 5.29. The van der Waals surface area contributed by atoms with Crippen LogP contribution in [0.2, 0.25) is 0 Å². The van der Waals surface area contributed by atoms with Crippen LogP contribution in [0, 0.1) is 0 Å². The van der Waals surface area contributed by atoms with Crippen molar-refractivity contribution in [3.63, 3.8) is 0 Å². The second-order valence-electron chi connectivity index (χ2n) is 11.0. The Labute approximate surface area is 262 Å². The van der Waals surface area contributed by atoms with Gasteiger partial charge in [0, 0.05) is 32.9 Å². The molecule has 0 bridgehead atoms. The molecule has 0 fully saturated rings. The quantitative estimate of drug-likeness (QED) is 0.323. The minimum Gasteiger partial charge on any atom is -0.0610 e. The molecule has 0 radical (unpaired) electrons. The molecular weight excluding hydrogens is 432 g/mol. The number of benzene rings is 3. The van der Waals surface area contributed by atoms with Crippen molar-refractivity contribution < 1.29 is 41.1 Å². The van der Waals surface area contributed by atoms with Crippen LogP contribution in [0.3, 0.4) is 0 Å². The van der Waals surface area contributed by atoms with Crippen molar-refractivity contribution in [1.82, 2.24) is 0 Å². The van der Waals surface area contributed by atoms with Crippen molar-refractivity contribution in [3.05, 3.63) is 82.3 Å². The predicted octanol–water partition coefficient (Wildman–Crippen LogP) is 10.2. The van der Waals surface area contributed by atoms with Gasteiger partial charge in [0.15, 0.2) is 0 Å². The first-order valence-corrected chi connectivity index (χ1v) is 11.4. The lowest BCUT2D eigenvalue weighted by atomic mass is 9.76. The highest BCUT2D eigenvalue weighted by molar-refractivity contribution is 5.81. The summed E-state index contributed by atoms with van der Waals surface area (Å²) in [4.78, 5) is 0. The summed E-state index contributed by atoms with van der Waals surface area (Å²) >= 11 is 0. The molecule has 0 amide bonds. The predicted molar refractivity (Wildman–Crippen MR) is 157 cm³/mol. The second-order valence-corrected chi connectivity index (χ2v) is 11.0. The van der Waals surface area contributed by atoms with Gasteiger partial charge in [-0.2, -0.15) is 0 Å². The summed E-state index contributed by atoms with van der Waals surface area (Å²) in [5.41, 5.74) is -22.3. The molecule has 0 nitrogen and oxygen atoms in total. The number of fused-ring (bicyclic) bond motifs is 2. The first-order valence-electron chi connectivity index (χ1n) is 26.4. The van der Waals surface area contributed by atoms with Gasteiger partial charge in [-0.25, -0.2) is 0 Å². The van der Waals surface area contributed by atoms with Crippen LogP contribution in [-0.4, -0.2) is 0 Å². The summed E-state index contributed by atoms with van der Waals surface area (Å²) in [7, 11) is 0. The van der Waals surface area contributed by atoms with Gasteiger partial charge in [0.25, 0.3) is 0 Å². The minimum atomic E-state index is -3.81. The summed E-state index contributed by atoms with van der Waals surface area (Å²) in [6.07, 6.45) is -3.34. The fraction of sp³-hybridized carbons (Fsp3) is 0.500. The Kier molecular flexibility index (Phi) is 1.65. The topological polar surface area (TPSA) is 0 Å². The molecule has 0 saturated carbocycles. The lowest BCUT2D eigenvalue weighted by Gasteiger charge is -2.28. The minimum absolute atomic E-state index is 0.166. The fourth-order valence-corrected chi connectivity index (χ4v) is 5.29. The average Bonchev–Trinajstić information content (AvgIpc) is 3.64. The van der Waals surface area contributed by atoms with Crippen LogP contribution < -0.4 is 0 Å². The molecule has 0 spiro atoms. The first-order chi connectivity index (χ1) is 29.0. The third-order valence-corrected chi connectivity index (χ3v) is 6.75.